The van der Waals surface area contributed by atoms with Gasteiger partial charge in [-0.15, -0.1) is 0 Å². The number of ether oxygens (including phenoxy) is 3. The number of Topliss-reactive ketones (excluding diaryl/α,β-unsaturated/α-hetero) is 1. The third kappa shape index (κ3) is 3.98. The molecule has 0 aromatic heterocycles. The zero-order valence-corrected chi connectivity index (χ0v) is 12.3. The minimum absolute atomic E-state index is 0.105. The summed E-state index contributed by atoms with van der Waals surface area (Å²) in [5.41, 5.74) is 0.485. The average Bonchev–Trinajstić information content (AvgIpc) is 2.46. The summed E-state index contributed by atoms with van der Waals surface area (Å²) in [5, 5.41) is 0. The Hall–Kier alpha value is -2.04. The number of rotatable bonds is 7. The van der Waals surface area contributed by atoms with Crippen LogP contribution in [0.25, 0.3) is 0 Å². The molecule has 110 valence electrons. The van der Waals surface area contributed by atoms with E-state index in [1.807, 2.05) is 0 Å². The Kier molecular flexibility index (Phi) is 6.03. The second-order valence-electron chi connectivity index (χ2n) is 4.35. The summed E-state index contributed by atoms with van der Waals surface area (Å²) in [5.74, 6) is 0.0907. The van der Waals surface area contributed by atoms with E-state index in [0.717, 1.165) is 0 Å². The van der Waals surface area contributed by atoms with Crippen molar-refractivity contribution < 1.29 is 23.8 Å². The van der Waals surface area contributed by atoms with Crippen LogP contribution in [-0.2, 0) is 9.53 Å². The van der Waals surface area contributed by atoms with Crippen LogP contribution in [0.2, 0.25) is 0 Å². The van der Waals surface area contributed by atoms with Gasteiger partial charge in [-0.2, -0.15) is 0 Å². The van der Waals surface area contributed by atoms with E-state index in [9.17, 15) is 9.59 Å². The van der Waals surface area contributed by atoms with Gasteiger partial charge in [0.15, 0.2) is 17.3 Å². The van der Waals surface area contributed by atoms with Gasteiger partial charge in [0, 0.05) is 12.0 Å². The molecule has 0 fully saturated rings. The fraction of sp³-hybridized carbons (Fsp3) is 0.467. The molecule has 0 N–H and O–H groups in total. The van der Waals surface area contributed by atoms with E-state index in [1.54, 1.807) is 32.0 Å². The quantitative estimate of drug-likeness (QED) is 0.567. The molecule has 0 amide bonds. The monoisotopic (exact) mass is 280 g/mol. The second-order valence-corrected chi connectivity index (χ2v) is 4.35. The third-order valence-electron chi connectivity index (χ3n) is 2.89. The van der Waals surface area contributed by atoms with Crippen LogP contribution in [0.4, 0.5) is 0 Å². The number of esters is 1. The van der Waals surface area contributed by atoms with Gasteiger partial charge >= 0.3 is 5.97 Å². The number of ketones is 1. The Morgan fingerprint density at radius 2 is 1.80 bits per heavy atom. The molecule has 0 aliphatic heterocycles. The van der Waals surface area contributed by atoms with Gasteiger partial charge in [-0.3, -0.25) is 9.59 Å². The maximum atomic E-state index is 12.1. The number of hydrogen-bond donors (Lipinski definition) is 0. The molecule has 0 saturated heterocycles. The van der Waals surface area contributed by atoms with Crippen molar-refractivity contribution in [1.29, 1.82) is 0 Å². The van der Waals surface area contributed by atoms with Crippen molar-refractivity contribution >= 4 is 11.8 Å². The first-order valence-electron chi connectivity index (χ1n) is 6.45. The van der Waals surface area contributed by atoms with Gasteiger partial charge in [0.25, 0.3) is 0 Å². The molecule has 0 heterocycles. The van der Waals surface area contributed by atoms with E-state index in [4.69, 9.17) is 14.2 Å². The van der Waals surface area contributed by atoms with Crippen molar-refractivity contribution in [1.82, 2.24) is 0 Å². The average molecular weight is 280 g/mol. The van der Waals surface area contributed by atoms with Crippen molar-refractivity contribution in [3.63, 3.8) is 0 Å². The number of carbonyl (C=O) groups is 2. The molecule has 0 bridgehead atoms. The van der Waals surface area contributed by atoms with Crippen molar-refractivity contribution in [3.05, 3.63) is 23.8 Å². The summed E-state index contributed by atoms with van der Waals surface area (Å²) in [7, 11) is 3.04. The molecule has 20 heavy (non-hydrogen) atoms. The molecule has 1 atom stereocenters. The zero-order chi connectivity index (χ0) is 15.1. The van der Waals surface area contributed by atoms with Crippen LogP contribution >= 0.6 is 0 Å². The third-order valence-corrected chi connectivity index (χ3v) is 2.89. The second kappa shape index (κ2) is 7.53. The van der Waals surface area contributed by atoms with Gasteiger partial charge in [-0.05, 0) is 25.1 Å². The summed E-state index contributed by atoms with van der Waals surface area (Å²) in [6.45, 7) is 3.73. The van der Waals surface area contributed by atoms with Gasteiger partial charge in [0.1, 0.15) is 0 Å². The molecule has 1 rings (SSSR count). The van der Waals surface area contributed by atoms with E-state index in [1.165, 1.54) is 14.2 Å². The van der Waals surface area contributed by atoms with Crippen molar-refractivity contribution in [3.8, 4) is 11.5 Å². The number of hydrogen-bond acceptors (Lipinski definition) is 5. The fourth-order valence-electron chi connectivity index (χ4n) is 1.77. The van der Waals surface area contributed by atoms with Crippen LogP contribution in [0.15, 0.2) is 18.2 Å². The Bertz CT molecular complexity index is 481. The van der Waals surface area contributed by atoms with E-state index in [-0.39, 0.29) is 18.2 Å². The normalized spacial score (nSPS) is 11.6. The molecule has 0 spiro atoms. The molecule has 1 aromatic rings. The SMILES string of the molecule is CCOC(=O)[C@@H](C)CC(=O)c1ccc(OC)c(OC)c1. The van der Waals surface area contributed by atoms with Crippen molar-refractivity contribution in [2.24, 2.45) is 5.92 Å². The van der Waals surface area contributed by atoms with Crippen LogP contribution in [0.1, 0.15) is 30.6 Å². The van der Waals surface area contributed by atoms with Crippen LogP contribution in [-0.4, -0.2) is 32.6 Å². The first-order chi connectivity index (χ1) is 9.53. The highest BCUT2D eigenvalue weighted by Gasteiger charge is 2.20. The lowest BCUT2D eigenvalue weighted by molar-refractivity contribution is -0.147. The molecule has 0 unspecified atom stereocenters. The molecular formula is C15H20O5. The predicted octanol–water partition coefficient (Wildman–Crippen LogP) is 2.48. The highest BCUT2D eigenvalue weighted by atomic mass is 16.5. The molecule has 5 heteroatoms. The summed E-state index contributed by atoms with van der Waals surface area (Å²) in [4.78, 5) is 23.6. The highest BCUT2D eigenvalue weighted by Crippen LogP contribution is 2.28. The maximum absolute atomic E-state index is 12.1. The van der Waals surface area contributed by atoms with E-state index in [2.05, 4.69) is 0 Å². The molecule has 0 radical (unpaired) electrons. The number of carbonyl (C=O) groups excluding carboxylic acids is 2. The molecule has 1 aromatic carbocycles. The maximum Gasteiger partial charge on any atom is 0.309 e. The topological polar surface area (TPSA) is 61.8 Å². The lowest BCUT2D eigenvalue weighted by Crippen LogP contribution is -2.18. The zero-order valence-electron chi connectivity index (χ0n) is 12.3. The van der Waals surface area contributed by atoms with E-state index in [0.29, 0.717) is 23.7 Å². The predicted molar refractivity (Wildman–Crippen MR) is 74.3 cm³/mol. The lowest BCUT2D eigenvalue weighted by Gasteiger charge is -2.11. The summed E-state index contributed by atoms with van der Waals surface area (Å²) >= 11 is 0. The molecular weight excluding hydrogens is 260 g/mol. The van der Waals surface area contributed by atoms with Crippen LogP contribution in [0.5, 0.6) is 11.5 Å². The Labute approximate surface area is 118 Å². The van der Waals surface area contributed by atoms with Gasteiger partial charge in [0.2, 0.25) is 0 Å². The highest BCUT2D eigenvalue weighted by molar-refractivity contribution is 5.98. The number of methoxy groups -OCH3 is 2. The summed E-state index contributed by atoms with van der Waals surface area (Å²) in [6.07, 6.45) is 0.105. The minimum Gasteiger partial charge on any atom is -0.493 e. The Morgan fingerprint density at radius 3 is 2.35 bits per heavy atom. The van der Waals surface area contributed by atoms with Crippen molar-refractivity contribution in [2.45, 2.75) is 20.3 Å². The molecule has 0 saturated carbocycles. The first kappa shape index (κ1) is 16.0. The van der Waals surface area contributed by atoms with E-state index < -0.39 is 5.92 Å². The standard InChI is InChI=1S/C15H20O5/c1-5-20-15(17)10(2)8-12(16)11-6-7-13(18-3)14(9-11)19-4/h6-7,9-10H,5,8H2,1-4H3/t10-/m0/s1. The summed E-state index contributed by atoms with van der Waals surface area (Å²) in [6, 6.07) is 4.93. The minimum atomic E-state index is -0.462. The summed E-state index contributed by atoms with van der Waals surface area (Å²) < 4.78 is 15.1. The molecule has 0 aliphatic rings. The van der Waals surface area contributed by atoms with Gasteiger partial charge < -0.3 is 14.2 Å². The van der Waals surface area contributed by atoms with Gasteiger partial charge in [-0.25, -0.2) is 0 Å². The Morgan fingerprint density at radius 1 is 1.15 bits per heavy atom. The lowest BCUT2D eigenvalue weighted by atomic mass is 9.99. The molecule has 5 nitrogen and oxygen atoms in total. The Balaban J connectivity index is 2.80. The van der Waals surface area contributed by atoms with Crippen LogP contribution in [0.3, 0.4) is 0 Å². The first-order valence-corrected chi connectivity index (χ1v) is 6.45. The van der Waals surface area contributed by atoms with Crippen LogP contribution < -0.4 is 9.47 Å². The molecule has 0 aliphatic carbocycles. The van der Waals surface area contributed by atoms with Gasteiger partial charge in [-0.1, -0.05) is 6.92 Å². The van der Waals surface area contributed by atoms with E-state index >= 15 is 0 Å². The fourth-order valence-corrected chi connectivity index (χ4v) is 1.77. The van der Waals surface area contributed by atoms with Crippen LogP contribution in [0, 0.1) is 5.92 Å². The van der Waals surface area contributed by atoms with Crippen molar-refractivity contribution in [2.75, 3.05) is 20.8 Å². The number of benzene rings is 1. The van der Waals surface area contributed by atoms with Gasteiger partial charge in [0.05, 0.1) is 26.7 Å². The smallest absolute Gasteiger partial charge is 0.309 e. The largest absolute Gasteiger partial charge is 0.493 e.